The van der Waals surface area contributed by atoms with Gasteiger partial charge in [-0.25, -0.2) is 4.98 Å². The van der Waals surface area contributed by atoms with Crippen molar-refractivity contribution >= 4 is 5.91 Å². The number of likely N-dealkylation sites (tertiary alicyclic amines) is 1. The molecule has 1 amide bonds. The Morgan fingerprint density at radius 3 is 3.12 bits per heavy atom. The lowest BCUT2D eigenvalue weighted by molar-refractivity contribution is -0.134. The third kappa shape index (κ3) is 2.38. The Balaban J connectivity index is 1.87. The lowest BCUT2D eigenvalue weighted by Gasteiger charge is -2.30. The molecule has 0 aromatic carbocycles. The molecule has 1 unspecified atom stereocenters. The van der Waals surface area contributed by atoms with Gasteiger partial charge in [-0.1, -0.05) is 0 Å². The fourth-order valence-electron chi connectivity index (χ4n) is 1.93. The lowest BCUT2D eigenvalue weighted by Crippen LogP contribution is -2.48. The number of aromatic nitrogens is 3. The van der Waals surface area contributed by atoms with Gasteiger partial charge in [-0.05, 0) is 12.8 Å². The molecule has 1 aromatic rings. The van der Waals surface area contributed by atoms with Gasteiger partial charge in [0.15, 0.2) is 5.82 Å². The van der Waals surface area contributed by atoms with Crippen LogP contribution in [0.25, 0.3) is 0 Å². The first-order valence-corrected chi connectivity index (χ1v) is 5.55. The maximum Gasteiger partial charge on any atom is 0.239 e. The SMILES string of the molecule is Cn1cnc(CCN2CCCC(N)C2=O)n1. The Kier molecular flexibility index (Phi) is 3.19. The summed E-state index contributed by atoms with van der Waals surface area (Å²) in [6.07, 6.45) is 4.15. The second-order valence-corrected chi connectivity index (χ2v) is 4.16. The molecule has 0 bridgehead atoms. The van der Waals surface area contributed by atoms with Gasteiger partial charge in [0.1, 0.15) is 6.33 Å². The van der Waals surface area contributed by atoms with E-state index in [1.54, 1.807) is 11.0 Å². The lowest BCUT2D eigenvalue weighted by atomic mass is 10.1. The summed E-state index contributed by atoms with van der Waals surface area (Å²) in [4.78, 5) is 17.6. The number of piperidine rings is 1. The predicted octanol–water partition coefficient (Wildman–Crippen LogP) is -0.693. The third-order valence-corrected chi connectivity index (χ3v) is 2.82. The van der Waals surface area contributed by atoms with Crippen LogP contribution in [0.3, 0.4) is 0 Å². The Bertz CT molecular complexity index is 375. The van der Waals surface area contributed by atoms with Crippen molar-refractivity contribution in [2.45, 2.75) is 25.3 Å². The minimum absolute atomic E-state index is 0.0576. The van der Waals surface area contributed by atoms with Gasteiger partial charge >= 0.3 is 0 Å². The van der Waals surface area contributed by atoms with Crippen LogP contribution >= 0.6 is 0 Å². The second kappa shape index (κ2) is 4.61. The van der Waals surface area contributed by atoms with Crippen LogP contribution in [0.5, 0.6) is 0 Å². The largest absolute Gasteiger partial charge is 0.341 e. The molecule has 2 rings (SSSR count). The number of hydrogen-bond donors (Lipinski definition) is 1. The van der Waals surface area contributed by atoms with E-state index in [2.05, 4.69) is 10.1 Å². The molecular formula is C10H17N5O. The number of nitrogens with two attached hydrogens (primary N) is 1. The summed E-state index contributed by atoms with van der Waals surface area (Å²) in [7, 11) is 1.83. The smallest absolute Gasteiger partial charge is 0.239 e. The molecule has 0 saturated carbocycles. The first-order valence-electron chi connectivity index (χ1n) is 5.55. The third-order valence-electron chi connectivity index (χ3n) is 2.82. The number of amides is 1. The molecule has 0 aliphatic carbocycles. The second-order valence-electron chi connectivity index (χ2n) is 4.16. The molecule has 88 valence electrons. The van der Waals surface area contributed by atoms with E-state index in [1.807, 2.05) is 11.9 Å². The average molecular weight is 223 g/mol. The van der Waals surface area contributed by atoms with Crippen LogP contribution in [0.4, 0.5) is 0 Å². The Morgan fingerprint density at radius 2 is 2.44 bits per heavy atom. The molecule has 0 radical (unpaired) electrons. The molecule has 1 atom stereocenters. The predicted molar refractivity (Wildman–Crippen MR) is 58.5 cm³/mol. The highest BCUT2D eigenvalue weighted by molar-refractivity contribution is 5.82. The Morgan fingerprint density at radius 1 is 1.62 bits per heavy atom. The number of hydrogen-bond acceptors (Lipinski definition) is 4. The summed E-state index contributed by atoms with van der Waals surface area (Å²) in [5, 5.41) is 4.18. The average Bonchev–Trinajstić information content (AvgIpc) is 2.67. The number of carbonyl (C=O) groups is 1. The van der Waals surface area contributed by atoms with Crippen LogP contribution in [0.15, 0.2) is 6.33 Å². The van der Waals surface area contributed by atoms with E-state index < -0.39 is 0 Å². The normalized spacial score (nSPS) is 21.5. The molecular weight excluding hydrogens is 206 g/mol. The highest BCUT2D eigenvalue weighted by Crippen LogP contribution is 2.10. The van der Waals surface area contributed by atoms with Crippen LogP contribution in [-0.4, -0.2) is 44.7 Å². The van der Waals surface area contributed by atoms with Gasteiger partial charge in [0.2, 0.25) is 5.91 Å². The molecule has 2 heterocycles. The first kappa shape index (κ1) is 11.1. The summed E-state index contributed by atoms with van der Waals surface area (Å²) in [6, 6.07) is -0.314. The molecule has 1 aliphatic heterocycles. The van der Waals surface area contributed by atoms with Crippen molar-refractivity contribution in [3.8, 4) is 0 Å². The van der Waals surface area contributed by atoms with Crippen molar-refractivity contribution < 1.29 is 4.79 Å². The molecule has 1 aromatic heterocycles. The molecule has 6 nitrogen and oxygen atoms in total. The van der Waals surface area contributed by atoms with E-state index >= 15 is 0 Å². The van der Waals surface area contributed by atoms with Crippen molar-refractivity contribution in [1.29, 1.82) is 0 Å². The zero-order chi connectivity index (χ0) is 11.5. The molecule has 1 fully saturated rings. The molecule has 6 heteroatoms. The van der Waals surface area contributed by atoms with Crippen LogP contribution < -0.4 is 5.73 Å². The van der Waals surface area contributed by atoms with Crippen LogP contribution in [0.1, 0.15) is 18.7 Å². The monoisotopic (exact) mass is 223 g/mol. The van der Waals surface area contributed by atoms with Crippen LogP contribution in [0, 0.1) is 0 Å². The van der Waals surface area contributed by atoms with E-state index in [4.69, 9.17) is 5.73 Å². The summed E-state index contributed by atoms with van der Waals surface area (Å²) >= 11 is 0. The number of aryl methyl sites for hydroxylation is 1. The zero-order valence-corrected chi connectivity index (χ0v) is 9.46. The van der Waals surface area contributed by atoms with Gasteiger partial charge in [-0.15, -0.1) is 0 Å². The van der Waals surface area contributed by atoms with E-state index in [9.17, 15) is 4.79 Å². The van der Waals surface area contributed by atoms with Crippen molar-refractivity contribution in [1.82, 2.24) is 19.7 Å². The number of nitrogens with zero attached hydrogens (tertiary/aromatic N) is 4. The van der Waals surface area contributed by atoms with E-state index in [1.165, 1.54) is 0 Å². The summed E-state index contributed by atoms with van der Waals surface area (Å²) in [6.45, 7) is 1.47. The van der Waals surface area contributed by atoms with Gasteiger partial charge in [0.25, 0.3) is 0 Å². The standard InChI is InChI=1S/C10H17N5O/c1-14-7-12-9(13-14)4-6-15-5-2-3-8(11)10(15)16/h7-8H,2-6,11H2,1H3. The fourth-order valence-corrected chi connectivity index (χ4v) is 1.93. The Hall–Kier alpha value is -1.43. The van der Waals surface area contributed by atoms with Crippen molar-refractivity contribution in [2.24, 2.45) is 12.8 Å². The quantitative estimate of drug-likeness (QED) is 0.735. The van der Waals surface area contributed by atoms with E-state index in [0.717, 1.165) is 25.2 Å². The molecule has 2 N–H and O–H groups in total. The summed E-state index contributed by atoms with van der Waals surface area (Å²) < 4.78 is 1.67. The van der Waals surface area contributed by atoms with Crippen LogP contribution in [-0.2, 0) is 18.3 Å². The van der Waals surface area contributed by atoms with Crippen molar-refractivity contribution in [3.05, 3.63) is 12.2 Å². The molecule has 1 aliphatic rings. The minimum atomic E-state index is -0.314. The van der Waals surface area contributed by atoms with E-state index in [0.29, 0.717) is 13.0 Å². The molecule has 1 saturated heterocycles. The zero-order valence-electron chi connectivity index (χ0n) is 9.46. The number of carbonyl (C=O) groups excluding carboxylic acids is 1. The molecule has 0 spiro atoms. The summed E-state index contributed by atoms with van der Waals surface area (Å²) in [5.74, 6) is 0.830. The summed E-state index contributed by atoms with van der Waals surface area (Å²) in [5.41, 5.74) is 5.72. The number of rotatable bonds is 3. The van der Waals surface area contributed by atoms with Crippen molar-refractivity contribution in [3.63, 3.8) is 0 Å². The Labute approximate surface area is 94.4 Å². The maximum absolute atomic E-state index is 11.7. The first-order chi connectivity index (χ1) is 7.66. The van der Waals surface area contributed by atoms with Gasteiger partial charge in [-0.2, -0.15) is 5.10 Å². The topological polar surface area (TPSA) is 77.0 Å². The highest BCUT2D eigenvalue weighted by atomic mass is 16.2. The maximum atomic E-state index is 11.7. The van der Waals surface area contributed by atoms with Crippen LogP contribution in [0.2, 0.25) is 0 Å². The van der Waals surface area contributed by atoms with Crippen molar-refractivity contribution in [2.75, 3.05) is 13.1 Å². The van der Waals surface area contributed by atoms with Gasteiger partial charge in [-0.3, -0.25) is 9.48 Å². The molecule has 16 heavy (non-hydrogen) atoms. The van der Waals surface area contributed by atoms with E-state index in [-0.39, 0.29) is 11.9 Å². The highest BCUT2D eigenvalue weighted by Gasteiger charge is 2.25. The minimum Gasteiger partial charge on any atom is -0.341 e. The van der Waals surface area contributed by atoms with Gasteiger partial charge in [0.05, 0.1) is 6.04 Å². The van der Waals surface area contributed by atoms with Gasteiger partial charge < -0.3 is 10.6 Å². The fraction of sp³-hybridized carbons (Fsp3) is 0.700. The van der Waals surface area contributed by atoms with Gasteiger partial charge in [0, 0.05) is 26.6 Å².